The first-order chi connectivity index (χ1) is 12.5. The standard InChI is InChI=1S/C20H22F2N2O2/c1-4-7-25-19-10-17-14(11-23-24(17)12-13(2)3)8-20(19)26-18-6-5-15(21)9-16(18)22/h5-6,8-11,13H,4,7,12H2,1-3H3. The zero-order valence-corrected chi connectivity index (χ0v) is 15.1. The van der Waals surface area contributed by atoms with Gasteiger partial charge in [0.2, 0.25) is 0 Å². The molecular weight excluding hydrogens is 338 g/mol. The van der Waals surface area contributed by atoms with Gasteiger partial charge in [0, 0.05) is 24.1 Å². The van der Waals surface area contributed by atoms with Crippen molar-refractivity contribution in [2.45, 2.75) is 33.7 Å². The molecule has 1 heterocycles. The number of nitrogens with zero attached hydrogens (tertiary/aromatic N) is 2. The minimum atomic E-state index is -0.762. The van der Waals surface area contributed by atoms with Crippen LogP contribution >= 0.6 is 0 Å². The summed E-state index contributed by atoms with van der Waals surface area (Å²) < 4.78 is 40.5. The molecule has 0 bridgehead atoms. The molecule has 0 fully saturated rings. The summed E-state index contributed by atoms with van der Waals surface area (Å²) in [4.78, 5) is 0. The molecule has 0 N–H and O–H groups in total. The van der Waals surface area contributed by atoms with Crippen LogP contribution in [0.5, 0.6) is 17.2 Å². The summed E-state index contributed by atoms with van der Waals surface area (Å²) in [6.07, 6.45) is 2.57. The Morgan fingerprint density at radius 1 is 1.08 bits per heavy atom. The maximum atomic E-state index is 14.0. The van der Waals surface area contributed by atoms with E-state index in [1.807, 2.05) is 17.7 Å². The molecule has 0 atom stereocenters. The third-order valence-electron chi connectivity index (χ3n) is 3.82. The minimum absolute atomic E-state index is 0.0540. The molecule has 138 valence electrons. The van der Waals surface area contributed by atoms with Crippen molar-refractivity contribution < 1.29 is 18.3 Å². The molecule has 4 nitrogen and oxygen atoms in total. The molecule has 2 aromatic carbocycles. The highest BCUT2D eigenvalue weighted by Gasteiger charge is 2.15. The molecule has 3 aromatic rings. The number of benzene rings is 2. The van der Waals surface area contributed by atoms with Crippen LogP contribution in [0.1, 0.15) is 27.2 Å². The van der Waals surface area contributed by atoms with Gasteiger partial charge >= 0.3 is 0 Å². The first-order valence-corrected chi connectivity index (χ1v) is 8.73. The van der Waals surface area contributed by atoms with E-state index in [4.69, 9.17) is 9.47 Å². The Bertz CT molecular complexity index is 906. The normalized spacial score (nSPS) is 11.3. The third kappa shape index (κ3) is 3.95. The van der Waals surface area contributed by atoms with Crippen molar-refractivity contribution >= 4 is 10.9 Å². The highest BCUT2D eigenvalue weighted by atomic mass is 19.1. The maximum Gasteiger partial charge on any atom is 0.170 e. The second-order valence-electron chi connectivity index (χ2n) is 6.60. The monoisotopic (exact) mass is 360 g/mol. The Morgan fingerprint density at radius 3 is 2.58 bits per heavy atom. The predicted octanol–water partition coefficient (Wildman–Crippen LogP) is 5.55. The number of rotatable bonds is 7. The van der Waals surface area contributed by atoms with Crippen molar-refractivity contribution in [3.05, 3.63) is 48.2 Å². The van der Waals surface area contributed by atoms with Gasteiger partial charge in [-0.2, -0.15) is 5.10 Å². The first kappa shape index (κ1) is 18.2. The Labute approximate surface area is 151 Å². The lowest BCUT2D eigenvalue weighted by molar-refractivity contribution is 0.300. The summed E-state index contributed by atoms with van der Waals surface area (Å²) in [7, 11) is 0. The topological polar surface area (TPSA) is 36.3 Å². The van der Waals surface area contributed by atoms with E-state index in [2.05, 4.69) is 18.9 Å². The number of hydrogen-bond donors (Lipinski definition) is 0. The van der Waals surface area contributed by atoms with Crippen molar-refractivity contribution in [1.29, 1.82) is 0 Å². The van der Waals surface area contributed by atoms with Crippen LogP contribution in [0.3, 0.4) is 0 Å². The van der Waals surface area contributed by atoms with Crippen LogP contribution in [0.15, 0.2) is 36.5 Å². The minimum Gasteiger partial charge on any atom is -0.490 e. The Hall–Kier alpha value is -2.63. The summed E-state index contributed by atoms with van der Waals surface area (Å²) >= 11 is 0. The number of hydrogen-bond acceptors (Lipinski definition) is 3. The van der Waals surface area contributed by atoms with E-state index in [1.165, 1.54) is 6.07 Å². The Kier molecular flexibility index (Phi) is 5.40. The third-order valence-corrected chi connectivity index (χ3v) is 3.82. The fourth-order valence-electron chi connectivity index (χ4n) is 2.66. The Morgan fingerprint density at radius 2 is 1.88 bits per heavy atom. The molecule has 0 amide bonds. The molecule has 3 rings (SSSR count). The molecule has 0 aliphatic rings. The van der Waals surface area contributed by atoms with Crippen molar-refractivity contribution in [3.63, 3.8) is 0 Å². The molecule has 0 aliphatic carbocycles. The van der Waals surface area contributed by atoms with Crippen LogP contribution in [-0.4, -0.2) is 16.4 Å². The van der Waals surface area contributed by atoms with Crippen molar-refractivity contribution in [2.75, 3.05) is 6.61 Å². The van der Waals surface area contributed by atoms with Gasteiger partial charge in [0.05, 0.1) is 18.3 Å². The predicted molar refractivity (Wildman–Crippen MR) is 96.8 cm³/mol. The highest BCUT2D eigenvalue weighted by molar-refractivity contribution is 5.83. The largest absolute Gasteiger partial charge is 0.490 e. The van der Waals surface area contributed by atoms with Gasteiger partial charge in [-0.05, 0) is 30.5 Å². The number of fused-ring (bicyclic) bond motifs is 1. The van der Waals surface area contributed by atoms with Crippen LogP contribution < -0.4 is 9.47 Å². The molecular formula is C20H22F2N2O2. The number of aromatic nitrogens is 2. The lowest BCUT2D eigenvalue weighted by atomic mass is 10.2. The summed E-state index contributed by atoms with van der Waals surface area (Å²) in [5, 5.41) is 5.28. The number of ether oxygens (including phenoxy) is 2. The smallest absolute Gasteiger partial charge is 0.170 e. The molecule has 0 saturated heterocycles. The second kappa shape index (κ2) is 7.72. The lowest BCUT2D eigenvalue weighted by Crippen LogP contribution is -2.06. The van der Waals surface area contributed by atoms with Gasteiger partial charge in [-0.25, -0.2) is 8.78 Å². The maximum absolute atomic E-state index is 14.0. The molecule has 0 unspecified atom stereocenters. The van der Waals surface area contributed by atoms with Crippen LogP contribution in [0.4, 0.5) is 8.78 Å². The summed E-state index contributed by atoms with van der Waals surface area (Å²) in [6, 6.07) is 6.84. The van der Waals surface area contributed by atoms with E-state index in [0.29, 0.717) is 24.0 Å². The molecule has 0 spiro atoms. The van der Waals surface area contributed by atoms with Gasteiger partial charge in [0.25, 0.3) is 0 Å². The van der Waals surface area contributed by atoms with Crippen LogP contribution in [-0.2, 0) is 6.54 Å². The van der Waals surface area contributed by atoms with E-state index in [0.717, 1.165) is 36.0 Å². The van der Waals surface area contributed by atoms with Gasteiger partial charge in [0.1, 0.15) is 5.82 Å². The molecule has 26 heavy (non-hydrogen) atoms. The molecule has 0 saturated carbocycles. The van der Waals surface area contributed by atoms with Gasteiger partial charge in [0.15, 0.2) is 23.1 Å². The SMILES string of the molecule is CCCOc1cc2c(cnn2CC(C)C)cc1Oc1ccc(F)cc1F. The molecule has 1 aromatic heterocycles. The van der Waals surface area contributed by atoms with E-state index < -0.39 is 11.6 Å². The van der Waals surface area contributed by atoms with E-state index in [9.17, 15) is 8.78 Å². The summed E-state index contributed by atoms with van der Waals surface area (Å²) in [5.41, 5.74) is 0.928. The van der Waals surface area contributed by atoms with Crippen LogP contribution in [0, 0.1) is 17.6 Å². The number of halogens is 2. The lowest BCUT2D eigenvalue weighted by Gasteiger charge is -2.14. The van der Waals surface area contributed by atoms with Crippen molar-refractivity contribution in [3.8, 4) is 17.2 Å². The van der Waals surface area contributed by atoms with E-state index >= 15 is 0 Å². The average molecular weight is 360 g/mol. The fourth-order valence-corrected chi connectivity index (χ4v) is 2.66. The molecule has 0 radical (unpaired) electrons. The molecule has 0 aliphatic heterocycles. The van der Waals surface area contributed by atoms with Crippen LogP contribution in [0.2, 0.25) is 0 Å². The highest BCUT2D eigenvalue weighted by Crippen LogP contribution is 2.37. The fraction of sp³-hybridized carbons (Fsp3) is 0.350. The van der Waals surface area contributed by atoms with Crippen molar-refractivity contribution in [2.24, 2.45) is 5.92 Å². The second-order valence-corrected chi connectivity index (χ2v) is 6.60. The van der Waals surface area contributed by atoms with Crippen molar-refractivity contribution in [1.82, 2.24) is 9.78 Å². The first-order valence-electron chi connectivity index (χ1n) is 8.73. The van der Waals surface area contributed by atoms with E-state index in [1.54, 1.807) is 12.3 Å². The van der Waals surface area contributed by atoms with Gasteiger partial charge in [-0.1, -0.05) is 20.8 Å². The van der Waals surface area contributed by atoms with Gasteiger partial charge < -0.3 is 9.47 Å². The average Bonchev–Trinajstić information content (AvgIpc) is 2.96. The quantitative estimate of drug-likeness (QED) is 0.554. The summed E-state index contributed by atoms with van der Waals surface area (Å²) in [5.74, 6) is -0.136. The van der Waals surface area contributed by atoms with Gasteiger partial charge in [-0.15, -0.1) is 0 Å². The zero-order chi connectivity index (χ0) is 18.7. The zero-order valence-electron chi connectivity index (χ0n) is 15.1. The van der Waals surface area contributed by atoms with Crippen LogP contribution in [0.25, 0.3) is 10.9 Å². The Balaban J connectivity index is 2.01. The molecule has 6 heteroatoms. The van der Waals surface area contributed by atoms with Gasteiger partial charge in [-0.3, -0.25) is 4.68 Å². The summed E-state index contributed by atoms with van der Waals surface area (Å²) in [6.45, 7) is 7.53. The van der Waals surface area contributed by atoms with E-state index in [-0.39, 0.29) is 5.75 Å².